The summed E-state index contributed by atoms with van der Waals surface area (Å²) >= 11 is 0. The number of hydrogen-bond donors (Lipinski definition) is 2. The fourth-order valence-electron chi connectivity index (χ4n) is 3.27. The molecule has 0 heterocycles. The second-order valence-corrected chi connectivity index (χ2v) is 8.51. The lowest BCUT2D eigenvalue weighted by Crippen LogP contribution is -2.31. The monoisotopic (exact) mass is 254 g/mol. The third-order valence-corrected chi connectivity index (χ3v) is 5.23. The van der Waals surface area contributed by atoms with E-state index in [1.165, 1.54) is 0 Å². The molecule has 108 valence electrons. The van der Waals surface area contributed by atoms with Crippen molar-refractivity contribution in [2.45, 2.75) is 67.3 Å². The van der Waals surface area contributed by atoms with Gasteiger partial charge in [0.15, 0.2) is 0 Å². The third kappa shape index (κ3) is 3.71. The van der Waals surface area contributed by atoms with Crippen LogP contribution < -0.4 is 11.1 Å². The third-order valence-electron chi connectivity index (χ3n) is 5.23. The van der Waals surface area contributed by atoms with Gasteiger partial charge in [-0.15, -0.1) is 0 Å². The van der Waals surface area contributed by atoms with Crippen LogP contribution in [0.25, 0.3) is 0 Å². The summed E-state index contributed by atoms with van der Waals surface area (Å²) in [5.41, 5.74) is 7.49. The number of nitrogens with one attached hydrogen (secondary N) is 1. The first kappa shape index (κ1) is 16.0. The lowest BCUT2D eigenvalue weighted by Gasteiger charge is -2.23. The summed E-state index contributed by atoms with van der Waals surface area (Å²) < 4.78 is 0. The van der Waals surface area contributed by atoms with Crippen molar-refractivity contribution in [1.82, 2.24) is 5.32 Å². The largest absolute Gasteiger partial charge is 0.328 e. The maximum atomic E-state index is 6.16. The van der Waals surface area contributed by atoms with Crippen molar-refractivity contribution in [1.29, 1.82) is 0 Å². The molecule has 0 radical (unpaired) electrons. The van der Waals surface area contributed by atoms with Gasteiger partial charge in [-0.2, -0.15) is 0 Å². The highest BCUT2D eigenvalue weighted by atomic mass is 14.9. The zero-order valence-electron chi connectivity index (χ0n) is 13.6. The predicted molar refractivity (Wildman–Crippen MR) is 80.6 cm³/mol. The highest BCUT2D eigenvalue weighted by Gasteiger charge is 2.63. The van der Waals surface area contributed by atoms with Gasteiger partial charge >= 0.3 is 0 Å². The summed E-state index contributed by atoms with van der Waals surface area (Å²) in [5, 5.41) is 3.60. The zero-order chi connectivity index (χ0) is 14.2. The lowest BCUT2D eigenvalue weighted by atomic mass is 9.87. The molecule has 0 aromatic carbocycles. The van der Waals surface area contributed by atoms with Gasteiger partial charge in [0.1, 0.15) is 0 Å². The van der Waals surface area contributed by atoms with Crippen LogP contribution in [0.1, 0.15) is 61.3 Å². The Morgan fingerprint density at radius 1 is 1.11 bits per heavy atom. The van der Waals surface area contributed by atoms with Crippen LogP contribution in [0.2, 0.25) is 0 Å². The standard InChI is InChI=1S/C16H34N2/c1-14(2,3)10-12(17)8-9-18-11-13-15(4,5)16(13,6)7/h12-13,18H,8-11,17H2,1-7H3. The second kappa shape index (κ2) is 5.13. The summed E-state index contributed by atoms with van der Waals surface area (Å²) in [6.07, 6.45) is 2.19. The molecule has 0 aromatic rings. The van der Waals surface area contributed by atoms with E-state index in [2.05, 4.69) is 53.8 Å². The second-order valence-electron chi connectivity index (χ2n) is 8.51. The van der Waals surface area contributed by atoms with E-state index >= 15 is 0 Å². The molecule has 1 aliphatic carbocycles. The molecule has 2 nitrogen and oxygen atoms in total. The predicted octanol–water partition coefficient (Wildman–Crippen LogP) is 3.41. The van der Waals surface area contributed by atoms with Crippen molar-refractivity contribution < 1.29 is 0 Å². The highest BCUT2D eigenvalue weighted by molar-refractivity contribution is 5.12. The van der Waals surface area contributed by atoms with Crippen molar-refractivity contribution in [2.75, 3.05) is 13.1 Å². The molecule has 1 atom stereocenters. The van der Waals surface area contributed by atoms with Gasteiger partial charge in [0, 0.05) is 6.04 Å². The Labute approximate surface area is 114 Å². The molecule has 18 heavy (non-hydrogen) atoms. The molecule has 1 unspecified atom stereocenters. The molecule has 2 heteroatoms. The van der Waals surface area contributed by atoms with Gasteiger partial charge in [-0.05, 0) is 48.1 Å². The van der Waals surface area contributed by atoms with Crippen molar-refractivity contribution in [2.24, 2.45) is 27.9 Å². The van der Waals surface area contributed by atoms with Gasteiger partial charge in [-0.1, -0.05) is 48.5 Å². The van der Waals surface area contributed by atoms with Gasteiger partial charge < -0.3 is 11.1 Å². The topological polar surface area (TPSA) is 38.0 Å². The molecule has 0 bridgehead atoms. The molecule has 0 amide bonds. The fraction of sp³-hybridized carbons (Fsp3) is 1.00. The molecule has 0 spiro atoms. The van der Waals surface area contributed by atoms with Crippen LogP contribution in [-0.4, -0.2) is 19.1 Å². The van der Waals surface area contributed by atoms with Gasteiger partial charge in [0.05, 0.1) is 0 Å². The number of rotatable bonds is 6. The van der Waals surface area contributed by atoms with Crippen molar-refractivity contribution in [3.63, 3.8) is 0 Å². The Balaban J connectivity index is 2.14. The maximum absolute atomic E-state index is 6.16. The molecular weight excluding hydrogens is 220 g/mol. The minimum atomic E-state index is 0.331. The molecule has 1 fully saturated rings. The van der Waals surface area contributed by atoms with Crippen LogP contribution in [0.3, 0.4) is 0 Å². The summed E-state index contributed by atoms with van der Waals surface area (Å²) in [4.78, 5) is 0. The summed E-state index contributed by atoms with van der Waals surface area (Å²) in [6, 6.07) is 0.331. The van der Waals surface area contributed by atoms with Gasteiger partial charge in [0.2, 0.25) is 0 Å². The van der Waals surface area contributed by atoms with Crippen LogP contribution >= 0.6 is 0 Å². The van der Waals surface area contributed by atoms with Crippen LogP contribution in [0.4, 0.5) is 0 Å². The Morgan fingerprint density at radius 3 is 2.00 bits per heavy atom. The van der Waals surface area contributed by atoms with E-state index in [1.54, 1.807) is 0 Å². The highest BCUT2D eigenvalue weighted by Crippen LogP contribution is 2.67. The number of hydrogen-bond acceptors (Lipinski definition) is 2. The summed E-state index contributed by atoms with van der Waals surface area (Å²) in [7, 11) is 0. The van der Waals surface area contributed by atoms with Crippen LogP contribution in [0, 0.1) is 22.2 Å². The minimum Gasteiger partial charge on any atom is -0.328 e. The van der Waals surface area contributed by atoms with Crippen molar-refractivity contribution in [3.8, 4) is 0 Å². The van der Waals surface area contributed by atoms with E-state index in [4.69, 9.17) is 5.73 Å². The van der Waals surface area contributed by atoms with Crippen LogP contribution in [0.5, 0.6) is 0 Å². The Bertz CT molecular complexity index is 259. The van der Waals surface area contributed by atoms with E-state index in [9.17, 15) is 0 Å². The van der Waals surface area contributed by atoms with E-state index in [0.29, 0.717) is 22.3 Å². The van der Waals surface area contributed by atoms with Crippen LogP contribution in [-0.2, 0) is 0 Å². The van der Waals surface area contributed by atoms with E-state index < -0.39 is 0 Å². The molecule has 3 N–H and O–H groups in total. The quantitative estimate of drug-likeness (QED) is 0.713. The van der Waals surface area contributed by atoms with E-state index in [0.717, 1.165) is 31.8 Å². The van der Waals surface area contributed by atoms with Gasteiger partial charge in [-0.25, -0.2) is 0 Å². The molecular formula is C16H34N2. The molecule has 0 aromatic heterocycles. The molecule has 1 aliphatic rings. The van der Waals surface area contributed by atoms with E-state index in [-0.39, 0.29) is 0 Å². The molecule has 1 rings (SSSR count). The normalized spacial score (nSPS) is 24.0. The smallest absolute Gasteiger partial charge is 0.00558 e. The summed E-state index contributed by atoms with van der Waals surface area (Å²) in [6.45, 7) is 18.5. The Kier molecular flexibility index (Phi) is 4.55. The fourth-order valence-corrected chi connectivity index (χ4v) is 3.27. The molecule has 0 aliphatic heterocycles. The van der Waals surface area contributed by atoms with Crippen molar-refractivity contribution in [3.05, 3.63) is 0 Å². The zero-order valence-corrected chi connectivity index (χ0v) is 13.6. The molecule has 1 saturated carbocycles. The average Bonchev–Trinajstić information content (AvgIpc) is 2.50. The maximum Gasteiger partial charge on any atom is 0.00558 e. The van der Waals surface area contributed by atoms with Crippen molar-refractivity contribution >= 4 is 0 Å². The van der Waals surface area contributed by atoms with E-state index in [1.807, 2.05) is 0 Å². The number of nitrogens with two attached hydrogens (primary N) is 1. The summed E-state index contributed by atoms with van der Waals surface area (Å²) in [5.74, 6) is 0.809. The Hall–Kier alpha value is -0.0800. The van der Waals surface area contributed by atoms with Crippen LogP contribution in [0.15, 0.2) is 0 Å². The van der Waals surface area contributed by atoms with Gasteiger partial charge in [0.25, 0.3) is 0 Å². The SMILES string of the molecule is CC(C)(C)CC(N)CCNCC1C(C)(C)C1(C)C. The average molecular weight is 254 g/mol. The molecule has 0 saturated heterocycles. The Morgan fingerprint density at radius 2 is 1.61 bits per heavy atom. The first-order valence-corrected chi connectivity index (χ1v) is 7.45. The first-order chi connectivity index (χ1) is 7.98. The first-order valence-electron chi connectivity index (χ1n) is 7.45. The minimum absolute atomic E-state index is 0.331. The van der Waals surface area contributed by atoms with Gasteiger partial charge in [-0.3, -0.25) is 0 Å². The lowest BCUT2D eigenvalue weighted by molar-refractivity contribution is 0.328.